The molecule has 2 aromatic carbocycles. The lowest BCUT2D eigenvalue weighted by Gasteiger charge is -2.23. The molecule has 4 nitrogen and oxygen atoms in total. The van der Waals surface area contributed by atoms with E-state index in [1.54, 1.807) is 0 Å². The van der Waals surface area contributed by atoms with Crippen LogP contribution >= 0.6 is 0 Å². The minimum atomic E-state index is -0.0634. The topological polar surface area (TPSA) is 44.4 Å². The summed E-state index contributed by atoms with van der Waals surface area (Å²) in [5, 5.41) is 6.06. The van der Waals surface area contributed by atoms with Crippen molar-refractivity contribution in [2.75, 3.05) is 29.1 Å². The maximum Gasteiger partial charge on any atom is 0.326 e. The van der Waals surface area contributed by atoms with Gasteiger partial charge < -0.3 is 10.6 Å². The molecule has 3 rings (SSSR count). The van der Waals surface area contributed by atoms with Gasteiger partial charge in [-0.05, 0) is 55.2 Å². The highest BCUT2D eigenvalue weighted by Gasteiger charge is 2.20. The Bertz CT molecular complexity index is 652. The van der Waals surface area contributed by atoms with Crippen molar-refractivity contribution in [3.8, 4) is 0 Å². The fraction of sp³-hybridized carbons (Fsp3) is 0.278. The van der Waals surface area contributed by atoms with Crippen molar-refractivity contribution in [2.24, 2.45) is 0 Å². The van der Waals surface area contributed by atoms with Gasteiger partial charge >= 0.3 is 6.03 Å². The number of amides is 2. The number of hydrogen-bond donors (Lipinski definition) is 2. The molecule has 1 aliphatic heterocycles. The fourth-order valence-corrected chi connectivity index (χ4v) is 2.81. The smallest absolute Gasteiger partial charge is 0.326 e. The number of anilines is 3. The van der Waals surface area contributed by atoms with Gasteiger partial charge in [0.05, 0.1) is 0 Å². The average Bonchev–Trinajstić information content (AvgIpc) is 2.78. The minimum Gasteiger partial charge on any atom is -0.388 e. The molecule has 4 heteroatoms. The first-order valence-corrected chi connectivity index (χ1v) is 7.72. The SMILES string of the molecule is CNc1ccc(NC(=O)N2CCCCc3ccccc32)cc1. The molecule has 0 fully saturated rings. The third-order valence-corrected chi connectivity index (χ3v) is 4.03. The molecule has 0 bridgehead atoms. The number of fused-ring (bicyclic) bond motifs is 1. The second-order valence-corrected chi connectivity index (χ2v) is 5.49. The number of para-hydroxylation sites is 1. The number of nitrogens with one attached hydrogen (secondary N) is 2. The third-order valence-electron chi connectivity index (χ3n) is 4.03. The third kappa shape index (κ3) is 3.06. The summed E-state index contributed by atoms with van der Waals surface area (Å²) < 4.78 is 0. The first kappa shape index (κ1) is 14.4. The average molecular weight is 295 g/mol. The van der Waals surface area contributed by atoms with Crippen LogP contribution in [-0.2, 0) is 6.42 Å². The van der Waals surface area contributed by atoms with E-state index < -0.39 is 0 Å². The van der Waals surface area contributed by atoms with Crippen LogP contribution in [0.4, 0.5) is 21.9 Å². The summed E-state index contributed by atoms with van der Waals surface area (Å²) in [7, 11) is 1.88. The van der Waals surface area contributed by atoms with Crippen LogP contribution < -0.4 is 15.5 Å². The second-order valence-electron chi connectivity index (χ2n) is 5.49. The molecule has 0 radical (unpaired) electrons. The Hall–Kier alpha value is -2.49. The molecular formula is C18H21N3O. The standard InChI is InChI=1S/C18H21N3O/c1-19-15-9-11-16(12-10-15)20-18(22)21-13-5-4-7-14-6-2-3-8-17(14)21/h2-3,6,8-12,19H,4-5,7,13H2,1H3,(H,20,22). The molecule has 0 saturated carbocycles. The predicted molar refractivity (Wildman–Crippen MR) is 91.7 cm³/mol. The Labute approximate surface area is 131 Å². The molecule has 22 heavy (non-hydrogen) atoms. The number of aryl methyl sites for hydroxylation is 1. The van der Waals surface area contributed by atoms with E-state index in [1.165, 1.54) is 5.56 Å². The van der Waals surface area contributed by atoms with E-state index in [1.807, 2.05) is 54.4 Å². The molecular weight excluding hydrogens is 274 g/mol. The summed E-state index contributed by atoms with van der Waals surface area (Å²) in [4.78, 5) is 14.5. The number of nitrogens with zero attached hydrogens (tertiary/aromatic N) is 1. The monoisotopic (exact) mass is 295 g/mol. The van der Waals surface area contributed by atoms with E-state index >= 15 is 0 Å². The van der Waals surface area contributed by atoms with E-state index in [0.29, 0.717) is 0 Å². The summed E-state index contributed by atoms with van der Waals surface area (Å²) in [5.74, 6) is 0. The van der Waals surface area contributed by atoms with Crippen molar-refractivity contribution in [1.29, 1.82) is 0 Å². The van der Waals surface area contributed by atoms with E-state index in [9.17, 15) is 4.79 Å². The molecule has 0 aliphatic carbocycles. The van der Waals surface area contributed by atoms with Crippen LogP contribution in [0.2, 0.25) is 0 Å². The van der Waals surface area contributed by atoms with Crippen molar-refractivity contribution in [2.45, 2.75) is 19.3 Å². The molecule has 0 saturated heterocycles. The van der Waals surface area contributed by atoms with Crippen LogP contribution in [-0.4, -0.2) is 19.6 Å². The lowest BCUT2D eigenvalue weighted by atomic mass is 10.1. The zero-order chi connectivity index (χ0) is 15.4. The summed E-state index contributed by atoms with van der Waals surface area (Å²) in [6, 6.07) is 15.8. The largest absolute Gasteiger partial charge is 0.388 e. The lowest BCUT2D eigenvalue weighted by Crippen LogP contribution is -2.35. The quantitative estimate of drug-likeness (QED) is 0.876. The van der Waals surface area contributed by atoms with Gasteiger partial charge in [-0.3, -0.25) is 4.90 Å². The number of benzene rings is 2. The second kappa shape index (κ2) is 6.52. The Morgan fingerprint density at radius 3 is 2.50 bits per heavy atom. The highest BCUT2D eigenvalue weighted by Crippen LogP contribution is 2.26. The highest BCUT2D eigenvalue weighted by molar-refractivity contribution is 6.02. The molecule has 0 atom stereocenters. The van der Waals surface area contributed by atoms with Crippen LogP contribution in [0.1, 0.15) is 18.4 Å². The van der Waals surface area contributed by atoms with E-state index in [4.69, 9.17) is 0 Å². The fourth-order valence-electron chi connectivity index (χ4n) is 2.81. The number of carbonyl (C=O) groups is 1. The molecule has 1 heterocycles. The van der Waals surface area contributed by atoms with Gasteiger partial charge in [0.25, 0.3) is 0 Å². The summed E-state index contributed by atoms with van der Waals surface area (Å²) in [6.45, 7) is 0.761. The highest BCUT2D eigenvalue weighted by atomic mass is 16.2. The van der Waals surface area contributed by atoms with Crippen molar-refractivity contribution in [3.05, 3.63) is 54.1 Å². The Morgan fingerprint density at radius 2 is 1.73 bits per heavy atom. The first-order chi connectivity index (χ1) is 10.8. The normalized spacial score (nSPS) is 14.0. The van der Waals surface area contributed by atoms with Gasteiger partial charge in [0.1, 0.15) is 0 Å². The van der Waals surface area contributed by atoms with Crippen LogP contribution in [0.15, 0.2) is 48.5 Å². The maximum atomic E-state index is 12.6. The summed E-state index contributed by atoms with van der Waals surface area (Å²) in [6.07, 6.45) is 3.19. The van der Waals surface area contributed by atoms with Crippen LogP contribution in [0.3, 0.4) is 0 Å². The molecule has 1 aliphatic rings. The van der Waals surface area contributed by atoms with Crippen molar-refractivity contribution in [3.63, 3.8) is 0 Å². The van der Waals surface area contributed by atoms with E-state index in [-0.39, 0.29) is 6.03 Å². The molecule has 114 valence electrons. The molecule has 2 aromatic rings. The van der Waals surface area contributed by atoms with Gasteiger partial charge in [0.2, 0.25) is 0 Å². The zero-order valence-corrected chi connectivity index (χ0v) is 12.8. The lowest BCUT2D eigenvalue weighted by molar-refractivity contribution is 0.257. The Balaban J connectivity index is 1.79. The molecule has 2 amide bonds. The maximum absolute atomic E-state index is 12.6. The molecule has 0 spiro atoms. The van der Waals surface area contributed by atoms with Gasteiger partial charge in [-0.1, -0.05) is 18.2 Å². The van der Waals surface area contributed by atoms with Crippen LogP contribution in [0.25, 0.3) is 0 Å². The number of hydrogen-bond acceptors (Lipinski definition) is 2. The molecule has 0 unspecified atom stereocenters. The Morgan fingerprint density at radius 1 is 1.00 bits per heavy atom. The van der Waals surface area contributed by atoms with Gasteiger partial charge in [-0.2, -0.15) is 0 Å². The van der Waals surface area contributed by atoms with E-state index in [2.05, 4.69) is 16.7 Å². The number of rotatable bonds is 2. The van der Waals surface area contributed by atoms with Crippen molar-refractivity contribution >= 4 is 23.1 Å². The van der Waals surface area contributed by atoms with E-state index in [0.717, 1.165) is 42.9 Å². The predicted octanol–water partition coefficient (Wildman–Crippen LogP) is 4.10. The number of urea groups is 1. The van der Waals surface area contributed by atoms with Gasteiger partial charge in [-0.25, -0.2) is 4.79 Å². The van der Waals surface area contributed by atoms with Crippen molar-refractivity contribution in [1.82, 2.24) is 0 Å². The molecule has 0 aromatic heterocycles. The molecule has 2 N–H and O–H groups in total. The van der Waals surface area contributed by atoms with Gasteiger partial charge in [-0.15, -0.1) is 0 Å². The number of carbonyl (C=O) groups excluding carboxylic acids is 1. The summed E-state index contributed by atoms with van der Waals surface area (Å²) in [5.41, 5.74) is 4.12. The summed E-state index contributed by atoms with van der Waals surface area (Å²) >= 11 is 0. The zero-order valence-electron chi connectivity index (χ0n) is 12.8. The van der Waals surface area contributed by atoms with Gasteiger partial charge in [0.15, 0.2) is 0 Å². The Kier molecular flexibility index (Phi) is 4.28. The van der Waals surface area contributed by atoms with Gasteiger partial charge in [0, 0.05) is 30.7 Å². The van der Waals surface area contributed by atoms with Crippen LogP contribution in [0, 0.1) is 0 Å². The minimum absolute atomic E-state index is 0.0634. The van der Waals surface area contributed by atoms with Crippen LogP contribution in [0.5, 0.6) is 0 Å². The first-order valence-electron chi connectivity index (χ1n) is 7.72. The van der Waals surface area contributed by atoms with Crippen molar-refractivity contribution < 1.29 is 4.79 Å².